The fourth-order valence-electron chi connectivity index (χ4n) is 1.23. The number of nitrogens with zero attached hydrogens (tertiary/aromatic N) is 1. The summed E-state index contributed by atoms with van der Waals surface area (Å²) in [5.74, 6) is 0. The normalized spacial score (nSPS) is 37.7. The highest BCUT2D eigenvalue weighted by Crippen LogP contribution is 2.17. The number of halogens is 1. The van der Waals surface area contributed by atoms with Crippen molar-refractivity contribution in [3.05, 3.63) is 0 Å². The highest BCUT2D eigenvalue weighted by molar-refractivity contribution is 4.81. The number of likely N-dealkylation sites (tertiary alicyclic amines) is 1. The zero-order valence-corrected chi connectivity index (χ0v) is 5.55. The summed E-state index contributed by atoms with van der Waals surface area (Å²) in [6.45, 7) is 0.558. The van der Waals surface area contributed by atoms with Gasteiger partial charge in [-0.2, -0.15) is 0 Å². The minimum atomic E-state index is -0.729. The van der Waals surface area contributed by atoms with Crippen molar-refractivity contribution < 1.29 is 9.50 Å². The lowest BCUT2D eigenvalue weighted by molar-refractivity contribution is 0.182. The molecule has 1 aliphatic rings. The van der Waals surface area contributed by atoms with Gasteiger partial charge in [-0.15, -0.1) is 0 Å². The van der Waals surface area contributed by atoms with E-state index in [0.717, 1.165) is 0 Å². The van der Waals surface area contributed by atoms with Gasteiger partial charge in [-0.05, 0) is 13.5 Å². The predicted octanol–water partition coefficient (Wildman–Crippen LogP) is 0.0209. The van der Waals surface area contributed by atoms with Gasteiger partial charge in [-0.3, -0.25) is 4.90 Å². The van der Waals surface area contributed by atoms with Crippen LogP contribution < -0.4 is 0 Å². The number of aliphatic hydroxyl groups is 1. The van der Waals surface area contributed by atoms with Gasteiger partial charge in [0.1, 0.15) is 6.17 Å². The van der Waals surface area contributed by atoms with Crippen molar-refractivity contribution in [3.8, 4) is 0 Å². The molecule has 1 N–H and O–H groups in total. The minimum absolute atomic E-state index is 0.0556. The molecular weight excluding hydrogens is 121 g/mol. The molecule has 0 bridgehead atoms. The SMILES string of the molecule is CN1C[C@@H](F)C[C@@H]1CO. The van der Waals surface area contributed by atoms with Crippen molar-refractivity contribution in [3.63, 3.8) is 0 Å². The monoisotopic (exact) mass is 133 g/mol. The molecule has 0 aromatic heterocycles. The van der Waals surface area contributed by atoms with Crippen LogP contribution in [0.25, 0.3) is 0 Å². The number of hydrogen-bond acceptors (Lipinski definition) is 2. The molecule has 0 aromatic carbocycles. The molecule has 1 aliphatic heterocycles. The summed E-state index contributed by atoms with van der Waals surface area (Å²) in [5.41, 5.74) is 0. The largest absolute Gasteiger partial charge is 0.395 e. The van der Waals surface area contributed by atoms with Crippen LogP contribution in [0.15, 0.2) is 0 Å². The van der Waals surface area contributed by atoms with Gasteiger partial charge in [0.15, 0.2) is 0 Å². The fourth-order valence-corrected chi connectivity index (χ4v) is 1.23. The van der Waals surface area contributed by atoms with Crippen LogP contribution in [0.3, 0.4) is 0 Å². The number of aliphatic hydroxyl groups excluding tert-OH is 1. The fraction of sp³-hybridized carbons (Fsp3) is 1.00. The van der Waals surface area contributed by atoms with E-state index >= 15 is 0 Å². The summed E-state index contributed by atoms with van der Waals surface area (Å²) in [6.07, 6.45) is -0.236. The standard InChI is InChI=1S/C6H12FNO/c1-8-3-5(7)2-6(8)4-9/h5-6,9H,2-4H2,1H3/t5-,6+/m0/s1. The Balaban J connectivity index is 2.38. The lowest BCUT2D eigenvalue weighted by atomic mass is 10.2. The molecule has 0 spiro atoms. The molecule has 1 saturated heterocycles. The van der Waals surface area contributed by atoms with Crippen molar-refractivity contribution >= 4 is 0 Å². The smallest absolute Gasteiger partial charge is 0.114 e. The number of likely N-dealkylation sites (N-methyl/N-ethyl adjacent to an activating group) is 1. The summed E-state index contributed by atoms with van der Waals surface area (Å²) >= 11 is 0. The first-order valence-corrected chi connectivity index (χ1v) is 3.19. The van der Waals surface area contributed by atoms with Crippen LogP contribution in [0.5, 0.6) is 0 Å². The second-order valence-electron chi connectivity index (χ2n) is 2.61. The Labute approximate surface area is 54.3 Å². The van der Waals surface area contributed by atoms with Crippen LogP contribution in [0.2, 0.25) is 0 Å². The predicted molar refractivity (Wildman–Crippen MR) is 33.0 cm³/mol. The molecule has 0 amide bonds. The first-order chi connectivity index (χ1) is 4.24. The molecule has 9 heavy (non-hydrogen) atoms. The van der Waals surface area contributed by atoms with Crippen molar-refractivity contribution in [2.24, 2.45) is 0 Å². The second kappa shape index (κ2) is 2.62. The lowest BCUT2D eigenvalue weighted by Gasteiger charge is -2.14. The maximum Gasteiger partial charge on any atom is 0.114 e. The molecule has 0 saturated carbocycles. The van der Waals surface area contributed by atoms with Crippen molar-refractivity contribution in [2.75, 3.05) is 20.2 Å². The second-order valence-corrected chi connectivity index (χ2v) is 2.61. The van der Waals surface area contributed by atoms with Gasteiger partial charge in [-0.25, -0.2) is 4.39 Å². The average molecular weight is 133 g/mol. The highest BCUT2D eigenvalue weighted by atomic mass is 19.1. The van der Waals surface area contributed by atoms with E-state index in [1.165, 1.54) is 0 Å². The van der Waals surface area contributed by atoms with E-state index in [-0.39, 0.29) is 12.6 Å². The van der Waals surface area contributed by atoms with Gasteiger partial charge < -0.3 is 5.11 Å². The van der Waals surface area contributed by atoms with Crippen LogP contribution in [-0.2, 0) is 0 Å². The van der Waals surface area contributed by atoms with Crippen LogP contribution in [0.4, 0.5) is 4.39 Å². The molecular formula is C6H12FNO. The molecule has 54 valence electrons. The van der Waals surface area contributed by atoms with Crippen LogP contribution in [0, 0.1) is 0 Å². The Morgan fingerprint density at radius 2 is 2.44 bits per heavy atom. The third-order valence-corrected chi connectivity index (χ3v) is 1.85. The van der Waals surface area contributed by atoms with E-state index in [2.05, 4.69) is 0 Å². The molecule has 1 fully saturated rings. The Hall–Kier alpha value is -0.150. The van der Waals surface area contributed by atoms with E-state index < -0.39 is 6.17 Å². The topological polar surface area (TPSA) is 23.5 Å². The summed E-state index contributed by atoms with van der Waals surface area (Å²) in [6, 6.07) is 0.0556. The summed E-state index contributed by atoms with van der Waals surface area (Å²) in [5, 5.41) is 8.65. The van der Waals surface area contributed by atoms with E-state index in [1.54, 1.807) is 0 Å². The third kappa shape index (κ3) is 1.40. The van der Waals surface area contributed by atoms with E-state index in [4.69, 9.17) is 5.11 Å². The number of alkyl halides is 1. The van der Waals surface area contributed by atoms with E-state index in [0.29, 0.717) is 13.0 Å². The first-order valence-electron chi connectivity index (χ1n) is 3.19. The zero-order chi connectivity index (χ0) is 6.85. The van der Waals surface area contributed by atoms with E-state index in [9.17, 15) is 4.39 Å². The van der Waals surface area contributed by atoms with Crippen LogP contribution in [0.1, 0.15) is 6.42 Å². The van der Waals surface area contributed by atoms with Crippen LogP contribution in [-0.4, -0.2) is 42.4 Å². The zero-order valence-electron chi connectivity index (χ0n) is 5.55. The van der Waals surface area contributed by atoms with Crippen molar-refractivity contribution in [1.82, 2.24) is 4.90 Å². The number of rotatable bonds is 1. The maximum absolute atomic E-state index is 12.5. The van der Waals surface area contributed by atoms with Crippen molar-refractivity contribution in [1.29, 1.82) is 0 Å². The molecule has 2 nitrogen and oxygen atoms in total. The molecule has 0 aliphatic carbocycles. The Kier molecular flexibility index (Phi) is 2.03. The van der Waals surface area contributed by atoms with Gasteiger partial charge in [0, 0.05) is 12.6 Å². The van der Waals surface area contributed by atoms with Crippen LogP contribution >= 0.6 is 0 Å². The molecule has 1 rings (SSSR count). The molecule has 0 radical (unpaired) electrons. The van der Waals surface area contributed by atoms with Gasteiger partial charge in [-0.1, -0.05) is 0 Å². The highest BCUT2D eigenvalue weighted by Gasteiger charge is 2.28. The third-order valence-electron chi connectivity index (χ3n) is 1.85. The summed E-state index contributed by atoms with van der Waals surface area (Å²) in [7, 11) is 1.83. The van der Waals surface area contributed by atoms with Gasteiger partial charge in [0.25, 0.3) is 0 Å². The molecule has 0 unspecified atom stereocenters. The Morgan fingerprint density at radius 3 is 2.67 bits per heavy atom. The molecule has 2 atom stereocenters. The molecule has 1 heterocycles. The van der Waals surface area contributed by atoms with E-state index in [1.807, 2.05) is 11.9 Å². The van der Waals surface area contributed by atoms with Crippen molar-refractivity contribution in [2.45, 2.75) is 18.6 Å². The summed E-state index contributed by atoms with van der Waals surface area (Å²) in [4.78, 5) is 1.85. The first kappa shape index (κ1) is 6.96. The van der Waals surface area contributed by atoms with Gasteiger partial charge in [0.2, 0.25) is 0 Å². The molecule has 0 aromatic rings. The number of hydrogen-bond donors (Lipinski definition) is 1. The maximum atomic E-state index is 12.5. The van der Waals surface area contributed by atoms with Gasteiger partial charge in [0.05, 0.1) is 6.61 Å². The quantitative estimate of drug-likeness (QED) is 0.545. The average Bonchev–Trinajstić information content (AvgIpc) is 2.10. The lowest BCUT2D eigenvalue weighted by Crippen LogP contribution is -2.27. The van der Waals surface area contributed by atoms with Gasteiger partial charge >= 0.3 is 0 Å². The Bertz CT molecular complexity index is 99.1. The summed E-state index contributed by atoms with van der Waals surface area (Å²) < 4.78 is 12.5. The minimum Gasteiger partial charge on any atom is -0.395 e. The molecule has 3 heteroatoms. The Morgan fingerprint density at radius 1 is 1.78 bits per heavy atom.